The van der Waals surface area contributed by atoms with Crippen LogP contribution in [-0.2, 0) is 9.53 Å². The SMILES string of the molecule is O=C(COC(=O)c1cccc(-n2cnnn2)c1)Nc1ccc(I)cc1. The lowest BCUT2D eigenvalue weighted by atomic mass is 10.2. The molecule has 9 heteroatoms. The topological polar surface area (TPSA) is 99.0 Å². The highest BCUT2D eigenvalue weighted by Crippen LogP contribution is 2.12. The second-order valence-electron chi connectivity index (χ2n) is 4.94. The number of nitrogens with zero attached hydrogens (tertiary/aromatic N) is 4. The van der Waals surface area contributed by atoms with Crippen molar-refractivity contribution in [3.8, 4) is 5.69 Å². The van der Waals surface area contributed by atoms with Crippen LogP contribution in [0.3, 0.4) is 0 Å². The van der Waals surface area contributed by atoms with Crippen LogP contribution in [0.4, 0.5) is 5.69 Å². The molecule has 0 fully saturated rings. The molecule has 0 aliphatic carbocycles. The molecule has 0 spiro atoms. The van der Waals surface area contributed by atoms with Crippen molar-refractivity contribution < 1.29 is 14.3 Å². The number of benzene rings is 2. The number of amides is 1. The van der Waals surface area contributed by atoms with Crippen molar-refractivity contribution in [1.82, 2.24) is 20.2 Å². The first kappa shape index (κ1) is 17.0. The normalized spacial score (nSPS) is 10.3. The first-order chi connectivity index (χ1) is 12.1. The summed E-state index contributed by atoms with van der Waals surface area (Å²) < 4.78 is 7.52. The van der Waals surface area contributed by atoms with Crippen molar-refractivity contribution in [3.05, 3.63) is 64.0 Å². The molecule has 0 unspecified atom stereocenters. The summed E-state index contributed by atoms with van der Waals surface area (Å²) in [5, 5.41) is 13.5. The van der Waals surface area contributed by atoms with Gasteiger partial charge in [0.1, 0.15) is 6.33 Å². The molecule has 1 N–H and O–H groups in total. The Balaban J connectivity index is 1.58. The lowest BCUT2D eigenvalue weighted by molar-refractivity contribution is -0.119. The average Bonchev–Trinajstić information content (AvgIpc) is 3.16. The van der Waals surface area contributed by atoms with Crippen molar-refractivity contribution >= 4 is 40.2 Å². The minimum atomic E-state index is -0.604. The Bertz CT molecular complexity index is 881. The van der Waals surface area contributed by atoms with E-state index in [1.165, 1.54) is 11.0 Å². The number of carbonyl (C=O) groups is 2. The Morgan fingerprint density at radius 3 is 2.68 bits per heavy atom. The molecule has 1 heterocycles. The van der Waals surface area contributed by atoms with E-state index >= 15 is 0 Å². The first-order valence-corrected chi connectivity index (χ1v) is 8.26. The summed E-state index contributed by atoms with van der Waals surface area (Å²) >= 11 is 2.17. The molecule has 126 valence electrons. The van der Waals surface area contributed by atoms with E-state index in [0.29, 0.717) is 16.9 Å². The Kier molecular flexibility index (Phi) is 5.33. The number of hydrogen-bond donors (Lipinski definition) is 1. The molecule has 1 aromatic heterocycles. The third-order valence-electron chi connectivity index (χ3n) is 3.16. The van der Waals surface area contributed by atoms with E-state index in [1.54, 1.807) is 36.4 Å². The van der Waals surface area contributed by atoms with Crippen molar-refractivity contribution in [2.45, 2.75) is 0 Å². The summed E-state index contributed by atoms with van der Waals surface area (Å²) in [6, 6.07) is 13.9. The van der Waals surface area contributed by atoms with Gasteiger partial charge in [0, 0.05) is 9.26 Å². The highest BCUT2D eigenvalue weighted by Gasteiger charge is 2.12. The molecule has 0 saturated carbocycles. The van der Waals surface area contributed by atoms with Crippen LogP contribution < -0.4 is 5.32 Å². The number of rotatable bonds is 5. The van der Waals surface area contributed by atoms with Gasteiger partial charge < -0.3 is 10.1 Å². The number of hydrogen-bond acceptors (Lipinski definition) is 6. The van der Waals surface area contributed by atoms with Gasteiger partial charge in [0.05, 0.1) is 11.3 Å². The fourth-order valence-corrected chi connectivity index (χ4v) is 2.36. The summed E-state index contributed by atoms with van der Waals surface area (Å²) in [5.74, 6) is -1.01. The molecule has 25 heavy (non-hydrogen) atoms. The number of nitrogens with one attached hydrogen (secondary N) is 1. The fourth-order valence-electron chi connectivity index (χ4n) is 2.00. The number of aromatic nitrogens is 4. The van der Waals surface area contributed by atoms with Gasteiger partial charge in [-0.3, -0.25) is 4.79 Å². The smallest absolute Gasteiger partial charge is 0.338 e. The highest BCUT2D eigenvalue weighted by atomic mass is 127. The maximum Gasteiger partial charge on any atom is 0.338 e. The molecule has 0 radical (unpaired) electrons. The molecule has 8 nitrogen and oxygen atoms in total. The molecule has 0 aliphatic heterocycles. The molecular formula is C16H12IN5O3. The van der Waals surface area contributed by atoms with Gasteiger partial charge in [-0.05, 0) is 75.5 Å². The van der Waals surface area contributed by atoms with Crippen LogP contribution in [0.5, 0.6) is 0 Å². The third-order valence-corrected chi connectivity index (χ3v) is 3.88. The van der Waals surface area contributed by atoms with Gasteiger partial charge in [-0.2, -0.15) is 0 Å². The summed E-state index contributed by atoms with van der Waals surface area (Å²) in [5.41, 5.74) is 1.56. The van der Waals surface area contributed by atoms with Crippen LogP contribution >= 0.6 is 22.6 Å². The summed E-state index contributed by atoms with van der Waals surface area (Å²) in [6.07, 6.45) is 1.42. The quantitative estimate of drug-likeness (QED) is 0.473. The molecule has 0 atom stereocenters. The van der Waals surface area contributed by atoms with Crippen LogP contribution in [0.1, 0.15) is 10.4 Å². The summed E-state index contributed by atoms with van der Waals surface area (Å²) in [7, 11) is 0. The van der Waals surface area contributed by atoms with E-state index in [4.69, 9.17) is 4.74 Å². The predicted octanol–water partition coefficient (Wildman–Crippen LogP) is 2.06. The standard InChI is InChI=1S/C16H12IN5O3/c17-12-4-6-13(7-5-12)19-15(23)9-25-16(24)11-2-1-3-14(8-11)22-10-18-20-21-22/h1-8,10H,9H2,(H,19,23). The first-order valence-electron chi connectivity index (χ1n) is 7.18. The van der Waals surface area contributed by atoms with Gasteiger partial charge in [-0.15, -0.1) is 5.10 Å². The van der Waals surface area contributed by atoms with Crippen LogP contribution in [0.25, 0.3) is 5.69 Å². The summed E-state index contributed by atoms with van der Waals surface area (Å²) in [4.78, 5) is 24.0. The van der Waals surface area contributed by atoms with E-state index in [-0.39, 0.29) is 6.61 Å². The number of ether oxygens (including phenoxy) is 1. The number of carbonyl (C=O) groups excluding carboxylic acids is 2. The van der Waals surface area contributed by atoms with Gasteiger partial charge >= 0.3 is 5.97 Å². The summed E-state index contributed by atoms with van der Waals surface area (Å²) in [6.45, 7) is -0.375. The van der Waals surface area contributed by atoms with Gasteiger partial charge in [-0.25, -0.2) is 9.48 Å². The van der Waals surface area contributed by atoms with Crippen molar-refractivity contribution in [1.29, 1.82) is 0 Å². The zero-order chi connectivity index (χ0) is 17.6. The zero-order valence-corrected chi connectivity index (χ0v) is 15.0. The lowest BCUT2D eigenvalue weighted by Crippen LogP contribution is -2.21. The number of halogens is 1. The largest absolute Gasteiger partial charge is 0.452 e. The monoisotopic (exact) mass is 449 g/mol. The van der Waals surface area contributed by atoms with Crippen molar-refractivity contribution in [3.63, 3.8) is 0 Å². The fraction of sp³-hybridized carbons (Fsp3) is 0.0625. The average molecular weight is 449 g/mol. The van der Waals surface area contributed by atoms with Crippen LogP contribution in [0.15, 0.2) is 54.9 Å². The minimum absolute atomic E-state index is 0.301. The molecular weight excluding hydrogens is 437 g/mol. The molecule has 0 aliphatic rings. The van der Waals surface area contributed by atoms with Crippen molar-refractivity contribution in [2.24, 2.45) is 0 Å². The van der Waals surface area contributed by atoms with Gasteiger partial charge in [0.2, 0.25) is 0 Å². The van der Waals surface area contributed by atoms with Crippen LogP contribution in [0, 0.1) is 3.57 Å². The Labute approximate surface area is 156 Å². The van der Waals surface area contributed by atoms with E-state index in [0.717, 1.165) is 3.57 Å². The Hall–Kier alpha value is -2.82. The van der Waals surface area contributed by atoms with E-state index in [2.05, 4.69) is 43.4 Å². The van der Waals surface area contributed by atoms with Crippen LogP contribution in [0.2, 0.25) is 0 Å². The molecule has 0 saturated heterocycles. The Morgan fingerprint density at radius 2 is 1.96 bits per heavy atom. The lowest BCUT2D eigenvalue weighted by Gasteiger charge is -2.07. The van der Waals surface area contributed by atoms with Crippen molar-refractivity contribution in [2.75, 3.05) is 11.9 Å². The number of tetrazole rings is 1. The zero-order valence-electron chi connectivity index (χ0n) is 12.8. The highest BCUT2D eigenvalue weighted by molar-refractivity contribution is 14.1. The molecule has 0 bridgehead atoms. The minimum Gasteiger partial charge on any atom is -0.452 e. The third kappa shape index (κ3) is 4.59. The molecule has 3 rings (SSSR count). The Morgan fingerprint density at radius 1 is 1.16 bits per heavy atom. The second-order valence-corrected chi connectivity index (χ2v) is 6.18. The number of esters is 1. The maximum atomic E-state index is 12.1. The van der Waals surface area contributed by atoms with E-state index in [9.17, 15) is 9.59 Å². The van der Waals surface area contributed by atoms with E-state index < -0.39 is 11.9 Å². The van der Waals surface area contributed by atoms with Gasteiger partial charge in [0.15, 0.2) is 6.61 Å². The maximum absolute atomic E-state index is 12.1. The van der Waals surface area contributed by atoms with Gasteiger partial charge in [-0.1, -0.05) is 6.07 Å². The predicted molar refractivity (Wildman–Crippen MR) is 97.2 cm³/mol. The van der Waals surface area contributed by atoms with Crippen LogP contribution in [-0.4, -0.2) is 38.7 Å². The number of anilines is 1. The molecule has 2 aromatic carbocycles. The molecule has 1 amide bonds. The molecule has 3 aromatic rings. The van der Waals surface area contributed by atoms with E-state index in [1.807, 2.05) is 12.1 Å². The second kappa shape index (κ2) is 7.83. The van der Waals surface area contributed by atoms with Gasteiger partial charge in [0.25, 0.3) is 5.91 Å².